The van der Waals surface area contributed by atoms with Crippen molar-refractivity contribution in [1.82, 2.24) is 14.7 Å². The fraction of sp³-hybridized carbons (Fsp3) is 0.333. The zero-order chi connectivity index (χ0) is 21.1. The SMILES string of the molecule is COc1cc(OC)cc(-c2nn(CN3CCN(c4ccc(F)cc4)CC3)c(=S)o2)c1. The Kier molecular flexibility index (Phi) is 6.01. The quantitative estimate of drug-likeness (QED) is 0.551. The van der Waals surface area contributed by atoms with Crippen LogP contribution in [0, 0.1) is 10.7 Å². The van der Waals surface area contributed by atoms with E-state index in [4.69, 9.17) is 26.1 Å². The second-order valence-corrected chi connectivity index (χ2v) is 7.35. The topological polar surface area (TPSA) is 55.9 Å². The molecule has 0 amide bonds. The maximum Gasteiger partial charge on any atom is 0.288 e. The van der Waals surface area contributed by atoms with Gasteiger partial charge < -0.3 is 18.8 Å². The van der Waals surface area contributed by atoms with Crippen molar-refractivity contribution in [2.45, 2.75) is 6.67 Å². The predicted molar refractivity (Wildman–Crippen MR) is 114 cm³/mol. The van der Waals surface area contributed by atoms with E-state index in [1.54, 1.807) is 25.0 Å². The molecule has 0 aliphatic carbocycles. The van der Waals surface area contributed by atoms with Crippen LogP contribution in [-0.2, 0) is 6.67 Å². The lowest BCUT2D eigenvalue weighted by Gasteiger charge is -2.35. The molecule has 0 saturated carbocycles. The van der Waals surface area contributed by atoms with Crippen molar-refractivity contribution < 1.29 is 18.3 Å². The fourth-order valence-corrected chi connectivity index (χ4v) is 3.61. The predicted octanol–water partition coefficient (Wildman–Crippen LogP) is 3.81. The molecule has 4 rings (SSSR count). The number of rotatable bonds is 6. The molecule has 9 heteroatoms. The third-order valence-corrected chi connectivity index (χ3v) is 5.40. The Morgan fingerprint density at radius 2 is 1.63 bits per heavy atom. The van der Waals surface area contributed by atoms with Crippen molar-refractivity contribution in [2.75, 3.05) is 45.3 Å². The van der Waals surface area contributed by atoms with Gasteiger partial charge in [0.1, 0.15) is 17.3 Å². The highest BCUT2D eigenvalue weighted by Crippen LogP contribution is 2.29. The first-order valence-electron chi connectivity index (χ1n) is 9.60. The first kappa shape index (κ1) is 20.4. The van der Waals surface area contributed by atoms with Crippen LogP contribution in [0.1, 0.15) is 0 Å². The van der Waals surface area contributed by atoms with E-state index in [0.29, 0.717) is 28.9 Å². The summed E-state index contributed by atoms with van der Waals surface area (Å²) in [5, 5.41) is 4.55. The van der Waals surface area contributed by atoms with E-state index in [1.807, 2.05) is 24.3 Å². The molecule has 1 fully saturated rings. The number of aromatic nitrogens is 2. The van der Waals surface area contributed by atoms with Gasteiger partial charge >= 0.3 is 0 Å². The van der Waals surface area contributed by atoms with Gasteiger partial charge in [0.05, 0.1) is 20.9 Å². The maximum atomic E-state index is 13.1. The van der Waals surface area contributed by atoms with Crippen LogP contribution >= 0.6 is 12.2 Å². The molecule has 1 aliphatic rings. The van der Waals surface area contributed by atoms with Crippen molar-refractivity contribution in [1.29, 1.82) is 0 Å². The highest BCUT2D eigenvalue weighted by molar-refractivity contribution is 7.71. The summed E-state index contributed by atoms with van der Waals surface area (Å²) in [4.78, 5) is 4.81. The summed E-state index contributed by atoms with van der Waals surface area (Å²) in [6.45, 7) is 3.91. The molecule has 0 atom stereocenters. The van der Waals surface area contributed by atoms with Gasteiger partial charge in [0, 0.05) is 43.5 Å². The molecule has 2 heterocycles. The van der Waals surface area contributed by atoms with E-state index in [2.05, 4.69) is 14.9 Å². The van der Waals surface area contributed by atoms with Gasteiger partial charge in [-0.15, -0.1) is 5.10 Å². The minimum absolute atomic E-state index is 0.220. The Hall–Kier alpha value is -2.91. The van der Waals surface area contributed by atoms with Gasteiger partial charge in [-0.3, -0.25) is 4.90 Å². The average Bonchev–Trinajstić information content (AvgIpc) is 3.14. The molecule has 0 bridgehead atoms. The molecule has 1 aromatic heterocycles. The molecule has 0 N–H and O–H groups in total. The largest absolute Gasteiger partial charge is 0.497 e. The number of benzene rings is 2. The average molecular weight is 431 g/mol. The second-order valence-electron chi connectivity index (χ2n) is 7.00. The fourth-order valence-electron chi connectivity index (χ4n) is 3.43. The van der Waals surface area contributed by atoms with E-state index in [-0.39, 0.29) is 5.82 Å². The molecule has 1 aliphatic heterocycles. The van der Waals surface area contributed by atoms with Crippen LogP contribution in [0.2, 0.25) is 0 Å². The number of piperazine rings is 1. The third-order valence-electron chi connectivity index (χ3n) is 5.10. The van der Waals surface area contributed by atoms with Crippen molar-refractivity contribution in [3.63, 3.8) is 0 Å². The lowest BCUT2D eigenvalue weighted by molar-refractivity contribution is 0.192. The van der Waals surface area contributed by atoms with Gasteiger partial charge in [0.25, 0.3) is 4.84 Å². The summed E-state index contributed by atoms with van der Waals surface area (Å²) < 4.78 is 31.2. The smallest absolute Gasteiger partial charge is 0.288 e. The van der Waals surface area contributed by atoms with Crippen LogP contribution in [-0.4, -0.2) is 55.1 Å². The number of nitrogens with zero attached hydrogens (tertiary/aromatic N) is 4. The van der Waals surface area contributed by atoms with E-state index >= 15 is 0 Å². The van der Waals surface area contributed by atoms with Crippen LogP contribution < -0.4 is 14.4 Å². The van der Waals surface area contributed by atoms with E-state index in [9.17, 15) is 4.39 Å². The second kappa shape index (κ2) is 8.85. The summed E-state index contributed by atoms with van der Waals surface area (Å²) in [7, 11) is 3.19. The zero-order valence-corrected chi connectivity index (χ0v) is 17.7. The molecule has 0 unspecified atom stereocenters. The molecular formula is C21H23FN4O3S. The Bertz CT molecular complexity index is 1040. The summed E-state index contributed by atoms with van der Waals surface area (Å²) in [6.07, 6.45) is 0. The van der Waals surface area contributed by atoms with Crippen molar-refractivity contribution in [3.05, 3.63) is 53.1 Å². The number of hydrogen-bond donors (Lipinski definition) is 0. The van der Waals surface area contributed by atoms with Crippen LogP contribution in [0.3, 0.4) is 0 Å². The summed E-state index contributed by atoms with van der Waals surface area (Å²) >= 11 is 5.37. The Morgan fingerprint density at radius 3 is 2.23 bits per heavy atom. The first-order valence-corrected chi connectivity index (χ1v) is 10.0. The third kappa shape index (κ3) is 4.47. The van der Waals surface area contributed by atoms with Crippen LogP contribution in [0.25, 0.3) is 11.5 Å². The van der Waals surface area contributed by atoms with Crippen molar-refractivity contribution >= 4 is 17.9 Å². The number of halogens is 1. The standard InChI is InChI=1S/C21H23FN4O3S/c1-27-18-11-15(12-19(13-18)28-2)20-23-26(21(30)29-20)14-24-7-9-25(10-8-24)17-5-3-16(22)4-6-17/h3-6,11-13H,7-10,14H2,1-2H3. The van der Waals surface area contributed by atoms with Gasteiger partial charge in [-0.05, 0) is 48.6 Å². The molecule has 158 valence electrons. The van der Waals surface area contributed by atoms with Crippen molar-refractivity contribution in [2.24, 2.45) is 0 Å². The first-order chi connectivity index (χ1) is 14.6. The molecule has 0 spiro atoms. The van der Waals surface area contributed by atoms with E-state index < -0.39 is 0 Å². The Labute approximate surface area is 179 Å². The minimum Gasteiger partial charge on any atom is -0.497 e. The van der Waals surface area contributed by atoms with Crippen molar-refractivity contribution in [3.8, 4) is 23.0 Å². The lowest BCUT2D eigenvalue weighted by atomic mass is 10.2. The van der Waals surface area contributed by atoms with E-state index in [0.717, 1.165) is 37.4 Å². The van der Waals surface area contributed by atoms with Gasteiger partial charge in [-0.25, -0.2) is 9.07 Å². The maximum absolute atomic E-state index is 13.1. The molecule has 30 heavy (non-hydrogen) atoms. The summed E-state index contributed by atoms with van der Waals surface area (Å²) in [5.41, 5.74) is 1.76. The lowest BCUT2D eigenvalue weighted by Crippen LogP contribution is -2.46. The van der Waals surface area contributed by atoms with Crippen LogP contribution in [0.5, 0.6) is 11.5 Å². The summed E-state index contributed by atoms with van der Waals surface area (Å²) in [6, 6.07) is 12.1. The number of ether oxygens (including phenoxy) is 2. The molecule has 1 saturated heterocycles. The summed E-state index contributed by atoms with van der Waals surface area (Å²) in [5.74, 6) is 1.50. The molecular weight excluding hydrogens is 407 g/mol. The molecule has 7 nitrogen and oxygen atoms in total. The minimum atomic E-state index is -0.220. The van der Waals surface area contributed by atoms with Gasteiger partial charge in [0.15, 0.2) is 0 Å². The number of methoxy groups -OCH3 is 2. The van der Waals surface area contributed by atoms with Crippen LogP contribution in [0.15, 0.2) is 46.9 Å². The number of anilines is 1. The Balaban J connectivity index is 1.44. The highest BCUT2D eigenvalue weighted by atomic mass is 32.1. The van der Waals surface area contributed by atoms with Gasteiger partial charge in [0.2, 0.25) is 5.89 Å². The number of hydrogen-bond acceptors (Lipinski definition) is 7. The molecule has 3 aromatic rings. The van der Waals surface area contributed by atoms with Crippen LogP contribution in [0.4, 0.5) is 10.1 Å². The zero-order valence-electron chi connectivity index (χ0n) is 16.9. The normalized spacial score (nSPS) is 14.7. The monoisotopic (exact) mass is 430 g/mol. The highest BCUT2D eigenvalue weighted by Gasteiger charge is 2.19. The molecule has 0 radical (unpaired) electrons. The van der Waals surface area contributed by atoms with E-state index in [1.165, 1.54) is 12.1 Å². The van der Waals surface area contributed by atoms with Gasteiger partial charge in [-0.2, -0.15) is 0 Å². The van der Waals surface area contributed by atoms with Gasteiger partial charge in [-0.1, -0.05) is 0 Å². The molecule has 2 aromatic carbocycles. The Morgan fingerprint density at radius 1 is 1.00 bits per heavy atom.